The Hall–Kier alpha value is -0.940. The van der Waals surface area contributed by atoms with E-state index in [1.165, 1.54) is 5.56 Å². The molecule has 2 rings (SSSR count). The van der Waals surface area contributed by atoms with Crippen LogP contribution in [0.4, 0.5) is 0 Å². The highest BCUT2D eigenvalue weighted by Crippen LogP contribution is 2.18. The summed E-state index contributed by atoms with van der Waals surface area (Å²) in [5.74, 6) is 0.668. The number of piperidine rings is 1. The first-order valence-electron chi connectivity index (χ1n) is 7.88. The Labute approximate surface area is 127 Å². The van der Waals surface area contributed by atoms with E-state index in [0.29, 0.717) is 12.5 Å². The van der Waals surface area contributed by atoms with Crippen LogP contribution in [0, 0.1) is 5.92 Å². The maximum Gasteiger partial charge on any atom is 0.0820 e. The Kier molecular flexibility index (Phi) is 6.64. The lowest BCUT2D eigenvalue weighted by Crippen LogP contribution is -2.47. The Bertz CT molecular complexity index is 391. The summed E-state index contributed by atoms with van der Waals surface area (Å²) in [6, 6.07) is 9.93. The van der Waals surface area contributed by atoms with Gasteiger partial charge in [0, 0.05) is 26.3 Å². The molecule has 0 radical (unpaired) electrons. The molecule has 1 fully saturated rings. The average molecular weight is 292 g/mol. The number of methoxy groups -OCH3 is 1. The van der Waals surface area contributed by atoms with E-state index in [1.807, 2.05) is 18.2 Å². The van der Waals surface area contributed by atoms with Crippen LogP contribution >= 0.6 is 0 Å². The first kappa shape index (κ1) is 16.4. The molecule has 0 spiro atoms. The van der Waals surface area contributed by atoms with Gasteiger partial charge in [-0.05, 0) is 43.8 Å². The van der Waals surface area contributed by atoms with Gasteiger partial charge in [0.25, 0.3) is 0 Å². The third kappa shape index (κ3) is 5.40. The lowest BCUT2D eigenvalue weighted by atomic mass is 9.96. The monoisotopic (exact) mass is 292 g/mol. The van der Waals surface area contributed by atoms with Crippen LogP contribution in [-0.4, -0.2) is 55.5 Å². The number of aliphatic hydroxyl groups excluding tert-OH is 1. The number of hydrogen-bond acceptors (Lipinski definition) is 4. The summed E-state index contributed by atoms with van der Waals surface area (Å²) in [6.45, 7) is 3.59. The summed E-state index contributed by atoms with van der Waals surface area (Å²) < 4.78 is 5.21. The molecule has 1 saturated heterocycles. The third-order valence-corrected chi connectivity index (χ3v) is 4.36. The predicted molar refractivity (Wildman–Crippen MR) is 85.2 cm³/mol. The van der Waals surface area contributed by atoms with Gasteiger partial charge in [-0.15, -0.1) is 0 Å². The van der Waals surface area contributed by atoms with Crippen LogP contribution in [-0.2, 0) is 11.2 Å². The molecule has 0 aliphatic carbocycles. The number of hydrogen-bond donors (Lipinski definition) is 2. The third-order valence-electron chi connectivity index (χ3n) is 4.36. The quantitative estimate of drug-likeness (QED) is 0.795. The van der Waals surface area contributed by atoms with Gasteiger partial charge < -0.3 is 20.5 Å². The molecule has 1 aliphatic heterocycles. The number of nitrogens with zero attached hydrogens (tertiary/aromatic N) is 1. The lowest BCUT2D eigenvalue weighted by molar-refractivity contribution is 0.0557. The molecule has 0 amide bonds. The van der Waals surface area contributed by atoms with Crippen LogP contribution in [0.15, 0.2) is 30.3 Å². The Morgan fingerprint density at radius 2 is 1.95 bits per heavy atom. The molecule has 2 unspecified atom stereocenters. The fraction of sp³-hybridized carbons (Fsp3) is 0.647. The van der Waals surface area contributed by atoms with Crippen molar-refractivity contribution in [2.24, 2.45) is 11.7 Å². The molecule has 2 atom stereocenters. The van der Waals surface area contributed by atoms with Crippen molar-refractivity contribution in [3.8, 4) is 0 Å². The zero-order chi connectivity index (χ0) is 15.1. The highest BCUT2D eigenvalue weighted by Gasteiger charge is 2.23. The number of ether oxygens (including phenoxy) is 1. The van der Waals surface area contributed by atoms with E-state index in [9.17, 15) is 5.11 Å². The van der Waals surface area contributed by atoms with Crippen molar-refractivity contribution in [2.75, 3.05) is 33.4 Å². The van der Waals surface area contributed by atoms with Gasteiger partial charge in [-0.3, -0.25) is 0 Å². The number of β-amino-alcohol motifs (C(OH)–C–C–N with tert-alkyl or cyclic N) is 1. The Morgan fingerprint density at radius 1 is 1.29 bits per heavy atom. The van der Waals surface area contributed by atoms with Gasteiger partial charge in [0.15, 0.2) is 0 Å². The van der Waals surface area contributed by atoms with Crippen LogP contribution in [0.25, 0.3) is 0 Å². The number of benzene rings is 1. The van der Waals surface area contributed by atoms with Gasteiger partial charge >= 0.3 is 0 Å². The minimum Gasteiger partial charge on any atom is -0.390 e. The number of nitrogens with two attached hydrogens (primary N) is 1. The summed E-state index contributed by atoms with van der Waals surface area (Å²) in [6.07, 6.45) is 2.55. The lowest BCUT2D eigenvalue weighted by Gasteiger charge is -2.34. The van der Waals surface area contributed by atoms with Crippen molar-refractivity contribution in [2.45, 2.75) is 31.4 Å². The van der Waals surface area contributed by atoms with E-state index in [2.05, 4.69) is 17.0 Å². The molecule has 0 saturated carbocycles. The van der Waals surface area contributed by atoms with Crippen molar-refractivity contribution in [3.63, 3.8) is 0 Å². The van der Waals surface area contributed by atoms with Crippen LogP contribution in [0.1, 0.15) is 18.4 Å². The van der Waals surface area contributed by atoms with E-state index in [-0.39, 0.29) is 6.04 Å². The summed E-state index contributed by atoms with van der Waals surface area (Å²) in [4.78, 5) is 2.32. The Morgan fingerprint density at radius 3 is 2.57 bits per heavy atom. The normalized spacial score (nSPS) is 20.3. The number of aliphatic hydroxyl groups is 1. The minimum atomic E-state index is -0.468. The average Bonchev–Trinajstić information content (AvgIpc) is 2.50. The minimum absolute atomic E-state index is 0.205. The molecule has 4 nitrogen and oxygen atoms in total. The smallest absolute Gasteiger partial charge is 0.0820 e. The van der Waals surface area contributed by atoms with E-state index in [0.717, 1.165) is 39.0 Å². The predicted octanol–water partition coefficient (Wildman–Crippen LogP) is 1.28. The molecule has 4 heteroatoms. The van der Waals surface area contributed by atoms with E-state index >= 15 is 0 Å². The molecule has 1 aliphatic rings. The SMILES string of the molecule is COCC1CCN(CC(O)C(N)Cc2ccccc2)CC1. The molecule has 1 aromatic carbocycles. The first-order chi connectivity index (χ1) is 10.2. The summed E-state index contributed by atoms with van der Waals surface area (Å²) in [5, 5.41) is 10.3. The molecule has 1 heterocycles. The summed E-state index contributed by atoms with van der Waals surface area (Å²) >= 11 is 0. The molecule has 0 aromatic heterocycles. The molecular weight excluding hydrogens is 264 g/mol. The highest BCUT2D eigenvalue weighted by atomic mass is 16.5. The van der Waals surface area contributed by atoms with Crippen LogP contribution < -0.4 is 5.73 Å². The maximum atomic E-state index is 10.3. The van der Waals surface area contributed by atoms with Crippen molar-refractivity contribution in [3.05, 3.63) is 35.9 Å². The maximum absolute atomic E-state index is 10.3. The fourth-order valence-corrected chi connectivity index (χ4v) is 2.99. The number of rotatable bonds is 7. The van der Waals surface area contributed by atoms with Gasteiger partial charge in [0.1, 0.15) is 0 Å². The second-order valence-electron chi connectivity index (χ2n) is 6.12. The van der Waals surface area contributed by atoms with Gasteiger partial charge in [0.2, 0.25) is 0 Å². The Balaban J connectivity index is 1.73. The largest absolute Gasteiger partial charge is 0.390 e. The molecule has 0 bridgehead atoms. The van der Waals surface area contributed by atoms with Crippen molar-refractivity contribution < 1.29 is 9.84 Å². The zero-order valence-corrected chi connectivity index (χ0v) is 12.9. The highest BCUT2D eigenvalue weighted by molar-refractivity contribution is 5.16. The van der Waals surface area contributed by atoms with Crippen molar-refractivity contribution in [1.82, 2.24) is 4.90 Å². The van der Waals surface area contributed by atoms with Crippen molar-refractivity contribution >= 4 is 0 Å². The standard InChI is InChI=1S/C17H28N2O2/c1-21-13-15-7-9-19(10-8-15)12-17(20)16(18)11-14-5-3-2-4-6-14/h2-6,15-17,20H,7-13,18H2,1H3. The van der Waals surface area contributed by atoms with Gasteiger partial charge in [-0.25, -0.2) is 0 Å². The topological polar surface area (TPSA) is 58.7 Å². The molecule has 3 N–H and O–H groups in total. The van der Waals surface area contributed by atoms with Gasteiger partial charge in [0.05, 0.1) is 6.10 Å². The second-order valence-corrected chi connectivity index (χ2v) is 6.12. The van der Waals surface area contributed by atoms with E-state index in [1.54, 1.807) is 7.11 Å². The molecule has 1 aromatic rings. The zero-order valence-electron chi connectivity index (χ0n) is 12.9. The summed E-state index contributed by atoms with van der Waals surface area (Å²) in [5.41, 5.74) is 7.33. The van der Waals surface area contributed by atoms with E-state index in [4.69, 9.17) is 10.5 Å². The van der Waals surface area contributed by atoms with Crippen LogP contribution in [0.5, 0.6) is 0 Å². The van der Waals surface area contributed by atoms with Crippen LogP contribution in [0.3, 0.4) is 0 Å². The fourth-order valence-electron chi connectivity index (χ4n) is 2.99. The molecule has 118 valence electrons. The first-order valence-corrected chi connectivity index (χ1v) is 7.88. The van der Waals surface area contributed by atoms with Gasteiger partial charge in [-0.1, -0.05) is 30.3 Å². The molecular formula is C17H28N2O2. The second kappa shape index (κ2) is 8.49. The van der Waals surface area contributed by atoms with Crippen LogP contribution in [0.2, 0.25) is 0 Å². The summed E-state index contributed by atoms with van der Waals surface area (Å²) in [7, 11) is 1.76. The molecule has 21 heavy (non-hydrogen) atoms. The van der Waals surface area contributed by atoms with E-state index < -0.39 is 6.10 Å². The van der Waals surface area contributed by atoms with Crippen molar-refractivity contribution in [1.29, 1.82) is 0 Å². The van der Waals surface area contributed by atoms with Gasteiger partial charge in [-0.2, -0.15) is 0 Å². The number of likely N-dealkylation sites (tertiary alicyclic amines) is 1.